The van der Waals surface area contributed by atoms with Gasteiger partial charge in [-0.05, 0) is 30.2 Å². The predicted molar refractivity (Wildman–Crippen MR) is 72.0 cm³/mol. The van der Waals surface area contributed by atoms with Crippen molar-refractivity contribution in [1.82, 2.24) is 4.98 Å². The van der Waals surface area contributed by atoms with Crippen molar-refractivity contribution in [2.75, 3.05) is 13.7 Å². The van der Waals surface area contributed by atoms with Crippen molar-refractivity contribution >= 4 is 24.2 Å². The van der Waals surface area contributed by atoms with Gasteiger partial charge in [-0.25, -0.2) is 0 Å². The van der Waals surface area contributed by atoms with Gasteiger partial charge in [-0.3, -0.25) is 0 Å². The van der Waals surface area contributed by atoms with Crippen LogP contribution in [0.2, 0.25) is 0 Å². The van der Waals surface area contributed by atoms with E-state index in [0.717, 1.165) is 29.1 Å². The zero-order chi connectivity index (χ0) is 12.0. The van der Waals surface area contributed by atoms with Crippen LogP contribution in [0.5, 0.6) is 0 Å². The second-order valence-electron chi connectivity index (χ2n) is 3.29. The topological polar surface area (TPSA) is 51.0 Å². The quantitative estimate of drug-likeness (QED) is 0.718. The SMILES string of the molecule is C=Cc1[nH]c(CCN)c(CSOC)c1C=C. The fourth-order valence-corrected chi connectivity index (χ4v) is 2.23. The molecule has 0 unspecified atom stereocenters. The summed E-state index contributed by atoms with van der Waals surface area (Å²) in [5.41, 5.74) is 10.1. The second-order valence-corrected chi connectivity index (χ2v) is 4.14. The third-order valence-corrected chi connectivity index (χ3v) is 3.03. The van der Waals surface area contributed by atoms with E-state index in [0.29, 0.717) is 6.54 Å². The number of nitrogens with one attached hydrogen (secondary N) is 1. The van der Waals surface area contributed by atoms with Gasteiger partial charge in [-0.1, -0.05) is 19.2 Å². The Balaban J connectivity index is 3.09. The number of aromatic amines is 1. The van der Waals surface area contributed by atoms with Gasteiger partial charge >= 0.3 is 0 Å². The van der Waals surface area contributed by atoms with E-state index in [-0.39, 0.29) is 0 Å². The van der Waals surface area contributed by atoms with Gasteiger partial charge in [-0.2, -0.15) is 0 Å². The molecular weight excluding hydrogens is 220 g/mol. The number of hydrogen-bond donors (Lipinski definition) is 2. The van der Waals surface area contributed by atoms with Crippen molar-refractivity contribution in [2.45, 2.75) is 12.2 Å². The fourth-order valence-electron chi connectivity index (χ4n) is 1.67. The minimum Gasteiger partial charge on any atom is -0.358 e. The Kier molecular flexibility index (Phi) is 5.38. The van der Waals surface area contributed by atoms with E-state index in [9.17, 15) is 0 Å². The molecule has 0 spiro atoms. The van der Waals surface area contributed by atoms with Crippen molar-refractivity contribution < 1.29 is 4.18 Å². The Morgan fingerprint density at radius 1 is 1.44 bits per heavy atom. The number of nitrogens with two attached hydrogens (primary N) is 1. The highest BCUT2D eigenvalue weighted by atomic mass is 32.2. The zero-order valence-electron chi connectivity index (χ0n) is 9.58. The van der Waals surface area contributed by atoms with Crippen molar-refractivity contribution in [2.24, 2.45) is 5.73 Å². The van der Waals surface area contributed by atoms with Crippen LogP contribution in [0.15, 0.2) is 13.2 Å². The van der Waals surface area contributed by atoms with E-state index < -0.39 is 0 Å². The highest BCUT2D eigenvalue weighted by molar-refractivity contribution is 7.93. The standard InChI is InChI=1S/C12H18N2OS/c1-4-9-10(8-16-15-3)12(6-7-13)14-11(9)5-2/h4-5,14H,1-2,6-8,13H2,3H3. The third-order valence-electron chi connectivity index (χ3n) is 2.39. The molecule has 16 heavy (non-hydrogen) atoms. The smallest absolute Gasteiger partial charge is 0.0503 e. The first-order valence-corrected chi connectivity index (χ1v) is 6.03. The first-order valence-electron chi connectivity index (χ1n) is 5.12. The van der Waals surface area contributed by atoms with Crippen LogP contribution < -0.4 is 5.73 Å². The van der Waals surface area contributed by atoms with Gasteiger partial charge < -0.3 is 14.9 Å². The van der Waals surface area contributed by atoms with E-state index in [1.54, 1.807) is 13.2 Å². The summed E-state index contributed by atoms with van der Waals surface area (Å²) in [6.07, 6.45) is 4.48. The molecule has 3 nitrogen and oxygen atoms in total. The van der Waals surface area contributed by atoms with Crippen LogP contribution in [0.4, 0.5) is 0 Å². The third kappa shape index (κ3) is 2.78. The zero-order valence-corrected chi connectivity index (χ0v) is 10.4. The molecule has 0 aliphatic heterocycles. The van der Waals surface area contributed by atoms with Crippen molar-refractivity contribution in [3.63, 3.8) is 0 Å². The molecule has 4 heteroatoms. The minimum absolute atomic E-state index is 0.623. The summed E-state index contributed by atoms with van der Waals surface area (Å²) in [6.45, 7) is 8.24. The summed E-state index contributed by atoms with van der Waals surface area (Å²) in [4.78, 5) is 3.32. The monoisotopic (exact) mass is 238 g/mol. The minimum atomic E-state index is 0.623. The first-order chi connectivity index (χ1) is 7.78. The summed E-state index contributed by atoms with van der Waals surface area (Å²) in [6, 6.07) is 0. The van der Waals surface area contributed by atoms with Crippen LogP contribution in [-0.4, -0.2) is 18.6 Å². The van der Waals surface area contributed by atoms with Crippen LogP contribution in [-0.2, 0) is 16.4 Å². The van der Waals surface area contributed by atoms with Gasteiger partial charge in [0.2, 0.25) is 0 Å². The maximum atomic E-state index is 5.59. The molecule has 0 amide bonds. The summed E-state index contributed by atoms with van der Waals surface area (Å²) >= 11 is 1.41. The molecule has 0 saturated heterocycles. The van der Waals surface area contributed by atoms with Crippen LogP contribution in [0, 0.1) is 0 Å². The molecule has 1 aromatic rings. The molecule has 0 aliphatic rings. The highest BCUT2D eigenvalue weighted by Gasteiger charge is 2.13. The average molecular weight is 238 g/mol. The van der Waals surface area contributed by atoms with Crippen molar-refractivity contribution in [3.8, 4) is 0 Å². The number of hydrogen-bond acceptors (Lipinski definition) is 3. The lowest BCUT2D eigenvalue weighted by Gasteiger charge is -2.03. The predicted octanol–water partition coefficient (Wildman–Crippen LogP) is 2.60. The molecule has 0 bridgehead atoms. The summed E-state index contributed by atoms with van der Waals surface area (Å²) < 4.78 is 5.03. The Labute approximate surface area is 101 Å². The number of H-pyrrole nitrogens is 1. The Morgan fingerprint density at radius 3 is 2.69 bits per heavy atom. The molecular formula is C12H18N2OS. The molecule has 0 atom stereocenters. The van der Waals surface area contributed by atoms with Crippen LogP contribution in [0.3, 0.4) is 0 Å². The Hall–Kier alpha value is -0.970. The molecule has 0 fully saturated rings. The van der Waals surface area contributed by atoms with Crippen molar-refractivity contribution in [3.05, 3.63) is 35.7 Å². The van der Waals surface area contributed by atoms with Gasteiger partial charge in [0.05, 0.1) is 7.11 Å². The van der Waals surface area contributed by atoms with E-state index in [2.05, 4.69) is 18.1 Å². The van der Waals surface area contributed by atoms with E-state index >= 15 is 0 Å². The molecule has 88 valence electrons. The Morgan fingerprint density at radius 2 is 2.19 bits per heavy atom. The fraction of sp³-hybridized carbons (Fsp3) is 0.333. The highest BCUT2D eigenvalue weighted by Crippen LogP contribution is 2.26. The van der Waals surface area contributed by atoms with Crippen LogP contribution >= 0.6 is 12.0 Å². The summed E-state index contributed by atoms with van der Waals surface area (Å²) in [5, 5.41) is 0. The maximum absolute atomic E-state index is 5.59. The molecule has 0 aromatic carbocycles. The van der Waals surface area contributed by atoms with Gasteiger partial charge in [0.15, 0.2) is 0 Å². The van der Waals surface area contributed by atoms with Gasteiger partial charge in [0, 0.05) is 29.1 Å². The lowest BCUT2D eigenvalue weighted by molar-refractivity contribution is 0.489. The lowest BCUT2D eigenvalue weighted by Crippen LogP contribution is -2.04. The van der Waals surface area contributed by atoms with Crippen molar-refractivity contribution in [1.29, 1.82) is 0 Å². The molecule has 1 rings (SSSR count). The molecule has 0 aliphatic carbocycles. The van der Waals surface area contributed by atoms with Crippen LogP contribution in [0.25, 0.3) is 12.2 Å². The molecule has 0 saturated carbocycles. The summed E-state index contributed by atoms with van der Waals surface area (Å²) in [5.74, 6) is 0.789. The van der Waals surface area contributed by atoms with Gasteiger partial charge in [0.25, 0.3) is 0 Å². The first kappa shape index (κ1) is 13.1. The molecule has 1 aromatic heterocycles. The molecule has 0 radical (unpaired) electrons. The summed E-state index contributed by atoms with van der Waals surface area (Å²) in [7, 11) is 1.67. The number of rotatable bonds is 7. The molecule has 1 heterocycles. The van der Waals surface area contributed by atoms with Gasteiger partial charge in [-0.15, -0.1) is 0 Å². The number of aromatic nitrogens is 1. The normalized spacial score (nSPS) is 10.4. The Bertz CT molecular complexity index is 371. The van der Waals surface area contributed by atoms with E-state index in [1.165, 1.54) is 17.6 Å². The lowest BCUT2D eigenvalue weighted by atomic mass is 10.1. The second kappa shape index (κ2) is 6.58. The van der Waals surface area contributed by atoms with E-state index in [4.69, 9.17) is 9.92 Å². The maximum Gasteiger partial charge on any atom is 0.0503 e. The average Bonchev–Trinajstić information content (AvgIpc) is 2.64. The molecule has 3 N–H and O–H groups in total. The largest absolute Gasteiger partial charge is 0.358 e. The van der Waals surface area contributed by atoms with Gasteiger partial charge in [0.1, 0.15) is 0 Å². The van der Waals surface area contributed by atoms with Crippen LogP contribution in [0.1, 0.15) is 22.5 Å². The van der Waals surface area contributed by atoms with E-state index in [1.807, 2.05) is 6.08 Å².